The SMILES string of the molecule is Cn1c(SN)cc(-c2cc(C(C)(C)C)cc(C(C)(C)C)c2)c1CC1CCCCC1. The second-order valence-electron chi connectivity index (χ2n) is 11.0. The minimum absolute atomic E-state index is 0.125. The molecule has 0 radical (unpaired) electrons. The van der Waals surface area contributed by atoms with Crippen molar-refractivity contribution >= 4 is 11.9 Å². The summed E-state index contributed by atoms with van der Waals surface area (Å²) in [4.78, 5) is 0. The summed E-state index contributed by atoms with van der Waals surface area (Å²) >= 11 is 1.37. The van der Waals surface area contributed by atoms with E-state index in [2.05, 4.69) is 77.4 Å². The minimum atomic E-state index is 0.125. The molecule has 1 saturated carbocycles. The predicted octanol–water partition coefficient (Wildman–Crippen LogP) is 7.38. The normalized spacial score (nSPS) is 16.4. The number of nitrogens with two attached hydrogens (primary N) is 1. The van der Waals surface area contributed by atoms with Gasteiger partial charge in [-0.1, -0.05) is 91.8 Å². The largest absolute Gasteiger partial charge is 0.341 e. The maximum Gasteiger partial charge on any atom is 0.0904 e. The van der Waals surface area contributed by atoms with Crippen molar-refractivity contribution in [3.63, 3.8) is 0 Å². The summed E-state index contributed by atoms with van der Waals surface area (Å²) in [7, 11) is 2.19. The molecule has 0 amide bonds. The van der Waals surface area contributed by atoms with Crippen molar-refractivity contribution in [1.29, 1.82) is 0 Å². The van der Waals surface area contributed by atoms with Crippen LogP contribution in [0.1, 0.15) is 90.5 Å². The predicted molar refractivity (Wildman–Crippen MR) is 129 cm³/mol. The molecule has 1 aliphatic rings. The van der Waals surface area contributed by atoms with Crippen LogP contribution in [0.4, 0.5) is 0 Å². The van der Waals surface area contributed by atoms with E-state index in [1.165, 1.54) is 72.0 Å². The second-order valence-corrected chi connectivity index (χ2v) is 11.7. The van der Waals surface area contributed by atoms with Crippen molar-refractivity contribution in [2.24, 2.45) is 18.1 Å². The van der Waals surface area contributed by atoms with Gasteiger partial charge in [-0.2, -0.15) is 0 Å². The van der Waals surface area contributed by atoms with Crippen LogP contribution in [-0.2, 0) is 24.3 Å². The third-order valence-corrected chi connectivity index (χ3v) is 7.25. The Kier molecular flexibility index (Phi) is 6.60. The van der Waals surface area contributed by atoms with Crippen molar-refractivity contribution in [1.82, 2.24) is 4.57 Å². The minimum Gasteiger partial charge on any atom is -0.341 e. The molecule has 1 heterocycles. The van der Waals surface area contributed by atoms with Crippen molar-refractivity contribution in [3.05, 3.63) is 41.1 Å². The Labute approximate surface area is 182 Å². The number of nitrogens with zero attached hydrogens (tertiary/aromatic N) is 1. The lowest BCUT2D eigenvalue weighted by Gasteiger charge is -2.27. The number of benzene rings is 1. The van der Waals surface area contributed by atoms with E-state index in [1.807, 2.05) is 0 Å². The zero-order chi connectivity index (χ0) is 21.4. The molecule has 0 saturated heterocycles. The van der Waals surface area contributed by atoms with Gasteiger partial charge in [-0.3, -0.25) is 5.14 Å². The highest BCUT2D eigenvalue weighted by atomic mass is 32.2. The van der Waals surface area contributed by atoms with E-state index in [-0.39, 0.29) is 10.8 Å². The standard InChI is InChI=1S/C26H40N2S/c1-25(2,3)20-14-19(15-21(16-20)26(4,5)6)22-17-24(29-27)28(7)23(22)13-18-11-9-8-10-12-18/h14-18H,8-13,27H2,1-7H3. The summed E-state index contributed by atoms with van der Waals surface area (Å²) in [6.07, 6.45) is 8.07. The fourth-order valence-corrected chi connectivity index (χ4v) is 5.00. The van der Waals surface area contributed by atoms with Gasteiger partial charge in [-0.25, -0.2) is 0 Å². The highest BCUT2D eigenvalue weighted by Gasteiger charge is 2.24. The Hall–Kier alpha value is -1.19. The van der Waals surface area contributed by atoms with Crippen LogP contribution in [-0.4, -0.2) is 4.57 Å². The maximum absolute atomic E-state index is 6.04. The number of hydrogen-bond donors (Lipinski definition) is 1. The molecule has 2 N–H and O–H groups in total. The van der Waals surface area contributed by atoms with Crippen LogP contribution in [0.3, 0.4) is 0 Å². The molecule has 1 aliphatic carbocycles. The van der Waals surface area contributed by atoms with Gasteiger partial charge in [-0.15, -0.1) is 0 Å². The first-order chi connectivity index (χ1) is 13.5. The fourth-order valence-electron chi connectivity index (χ4n) is 4.54. The Morgan fingerprint density at radius 3 is 1.93 bits per heavy atom. The molecule has 0 unspecified atom stereocenters. The van der Waals surface area contributed by atoms with Gasteiger partial charge >= 0.3 is 0 Å². The van der Waals surface area contributed by atoms with Crippen molar-refractivity contribution in [3.8, 4) is 11.1 Å². The molecule has 2 aromatic rings. The Morgan fingerprint density at radius 1 is 0.897 bits per heavy atom. The first kappa shape index (κ1) is 22.5. The van der Waals surface area contributed by atoms with E-state index in [0.717, 1.165) is 17.4 Å². The molecular weight excluding hydrogens is 372 g/mol. The molecule has 0 aliphatic heterocycles. The van der Waals surface area contributed by atoms with Crippen LogP contribution < -0.4 is 5.14 Å². The Bertz CT molecular complexity index is 811. The molecule has 0 spiro atoms. The lowest BCUT2D eigenvalue weighted by molar-refractivity contribution is 0.351. The molecule has 160 valence electrons. The Morgan fingerprint density at radius 2 is 1.45 bits per heavy atom. The highest BCUT2D eigenvalue weighted by Crippen LogP contribution is 2.39. The number of rotatable bonds is 4. The molecule has 2 nitrogen and oxygen atoms in total. The fraction of sp³-hybridized carbons (Fsp3) is 0.615. The molecule has 1 aromatic heterocycles. The van der Waals surface area contributed by atoms with Crippen LogP contribution in [0.5, 0.6) is 0 Å². The third kappa shape index (κ3) is 5.11. The first-order valence-corrected chi connectivity index (χ1v) is 12.1. The van der Waals surface area contributed by atoms with Crippen molar-refractivity contribution < 1.29 is 0 Å². The summed E-state index contributed by atoms with van der Waals surface area (Å²) < 4.78 is 2.34. The average Bonchev–Trinajstić information content (AvgIpc) is 2.97. The zero-order valence-corrected chi connectivity index (χ0v) is 20.4. The molecule has 29 heavy (non-hydrogen) atoms. The van der Waals surface area contributed by atoms with Gasteiger partial charge in [0.1, 0.15) is 0 Å². The lowest BCUT2D eigenvalue weighted by atomic mass is 9.78. The van der Waals surface area contributed by atoms with Gasteiger partial charge in [0.2, 0.25) is 0 Å². The molecule has 0 bridgehead atoms. The highest BCUT2D eigenvalue weighted by molar-refractivity contribution is 7.97. The topological polar surface area (TPSA) is 30.9 Å². The summed E-state index contributed by atoms with van der Waals surface area (Å²) in [5.41, 5.74) is 7.26. The quantitative estimate of drug-likeness (QED) is 0.531. The third-order valence-electron chi connectivity index (χ3n) is 6.62. The van der Waals surface area contributed by atoms with Gasteiger partial charge in [0.15, 0.2) is 0 Å². The van der Waals surface area contributed by atoms with Crippen molar-refractivity contribution in [2.45, 2.75) is 95.9 Å². The molecular formula is C26H40N2S. The van der Waals surface area contributed by atoms with Gasteiger partial charge in [0, 0.05) is 18.3 Å². The van der Waals surface area contributed by atoms with Crippen LogP contribution in [0, 0.1) is 5.92 Å². The first-order valence-electron chi connectivity index (χ1n) is 11.2. The van der Waals surface area contributed by atoms with E-state index in [0.29, 0.717) is 0 Å². The van der Waals surface area contributed by atoms with Crippen LogP contribution in [0.25, 0.3) is 11.1 Å². The Balaban J connectivity index is 2.13. The summed E-state index contributed by atoms with van der Waals surface area (Å²) in [6, 6.07) is 9.56. The molecule has 0 atom stereocenters. The van der Waals surface area contributed by atoms with E-state index >= 15 is 0 Å². The molecule has 3 rings (SSSR count). The van der Waals surface area contributed by atoms with Gasteiger partial charge in [0.25, 0.3) is 0 Å². The molecule has 1 aromatic carbocycles. The van der Waals surface area contributed by atoms with E-state index in [1.54, 1.807) is 0 Å². The van der Waals surface area contributed by atoms with Gasteiger partial charge in [-0.05, 0) is 57.9 Å². The number of aromatic nitrogens is 1. The van der Waals surface area contributed by atoms with E-state index in [4.69, 9.17) is 5.14 Å². The smallest absolute Gasteiger partial charge is 0.0904 e. The summed E-state index contributed by atoms with van der Waals surface area (Å²) in [6.45, 7) is 13.9. The van der Waals surface area contributed by atoms with Crippen LogP contribution in [0.2, 0.25) is 0 Å². The summed E-state index contributed by atoms with van der Waals surface area (Å²) in [5, 5.41) is 7.20. The molecule has 1 fully saturated rings. The average molecular weight is 413 g/mol. The second kappa shape index (κ2) is 8.51. The van der Waals surface area contributed by atoms with Crippen LogP contribution >= 0.6 is 11.9 Å². The van der Waals surface area contributed by atoms with E-state index in [9.17, 15) is 0 Å². The summed E-state index contributed by atoms with van der Waals surface area (Å²) in [5.74, 6) is 0.805. The van der Waals surface area contributed by atoms with Crippen LogP contribution in [0.15, 0.2) is 29.3 Å². The molecule has 3 heteroatoms. The number of hydrogen-bond acceptors (Lipinski definition) is 2. The van der Waals surface area contributed by atoms with Gasteiger partial charge < -0.3 is 4.57 Å². The van der Waals surface area contributed by atoms with Gasteiger partial charge in [0.05, 0.1) is 5.03 Å². The van der Waals surface area contributed by atoms with Crippen molar-refractivity contribution in [2.75, 3.05) is 0 Å². The monoisotopic (exact) mass is 412 g/mol. The van der Waals surface area contributed by atoms with E-state index < -0.39 is 0 Å². The lowest BCUT2D eigenvalue weighted by Crippen LogP contribution is -2.17. The maximum atomic E-state index is 6.04. The zero-order valence-electron chi connectivity index (χ0n) is 19.6.